The highest BCUT2D eigenvalue weighted by Crippen LogP contribution is 2.43. The molecule has 0 spiro atoms. The summed E-state index contributed by atoms with van der Waals surface area (Å²) in [6.45, 7) is 0.274. The molecule has 1 heterocycles. The van der Waals surface area contributed by atoms with E-state index < -0.39 is 17.8 Å². The van der Waals surface area contributed by atoms with Gasteiger partial charge in [-0.05, 0) is 41.0 Å². The van der Waals surface area contributed by atoms with E-state index in [0.29, 0.717) is 16.7 Å². The Balaban J connectivity index is 1.81. The zero-order valence-electron chi connectivity index (χ0n) is 14.8. The fraction of sp³-hybridized carbons (Fsp3) is 0.0870. The van der Waals surface area contributed by atoms with Crippen LogP contribution in [-0.2, 0) is 11.3 Å². The number of amides is 1. The van der Waals surface area contributed by atoms with Crippen molar-refractivity contribution in [2.75, 3.05) is 0 Å². The van der Waals surface area contributed by atoms with E-state index in [4.69, 9.17) is 0 Å². The molecular weight excluding hydrogens is 360 g/mol. The minimum Gasteiger partial charge on any atom is -0.503 e. The number of rotatable bonds is 4. The van der Waals surface area contributed by atoms with Crippen molar-refractivity contribution in [3.05, 3.63) is 113 Å². The maximum absolute atomic E-state index is 13.5. The van der Waals surface area contributed by atoms with Crippen LogP contribution in [0.3, 0.4) is 0 Å². The molecule has 140 valence electrons. The monoisotopic (exact) mass is 377 g/mol. The number of nitrogens with zero attached hydrogens (tertiary/aromatic N) is 1. The van der Waals surface area contributed by atoms with Gasteiger partial charge < -0.3 is 10.0 Å². The normalized spacial score (nSPS) is 16.7. The van der Waals surface area contributed by atoms with Gasteiger partial charge in [0.15, 0.2) is 5.76 Å². The lowest BCUT2D eigenvalue weighted by Gasteiger charge is -2.27. The molecule has 1 atom stereocenters. The van der Waals surface area contributed by atoms with E-state index in [-0.39, 0.29) is 18.1 Å². The molecule has 28 heavy (non-hydrogen) atoms. The summed E-state index contributed by atoms with van der Waals surface area (Å²) in [5.74, 6) is -1.69. The van der Waals surface area contributed by atoms with E-state index in [1.165, 1.54) is 41.3 Å². The van der Waals surface area contributed by atoms with Gasteiger partial charge in [-0.15, -0.1) is 0 Å². The Bertz CT molecular complexity index is 1030. The number of aliphatic hydroxyl groups is 1. The molecule has 0 radical (unpaired) electrons. The molecule has 1 aliphatic rings. The summed E-state index contributed by atoms with van der Waals surface area (Å²) in [6, 6.07) is 20.2. The van der Waals surface area contributed by atoms with Crippen LogP contribution in [0.1, 0.15) is 22.7 Å². The highest BCUT2D eigenvalue weighted by molar-refractivity contribution is 6.05. The van der Waals surface area contributed by atoms with Crippen LogP contribution in [0.4, 0.5) is 8.78 Å². The second-order valence-electron chi connectivity index (χ2n) is 6.64. The maximum Gasteiger partial charge on any atom is 0.290 e. The summed E-state index contributed by atoms with van der Waals surface area (Å²) >= 11 is 0. The predicted octanol–water partition coefficient (Wildman–Crippen LogP) is 5.02. The molecule has 0 saturated carbocycles. The van der Waals surface area contributed by atoms with E-state index in [1.807, 2.05) is 30.3 Å². The third-order valence-electron chi connectivity index (χ3n) is 4.84. The van der Waals surface area contributed by atoms with Gasteiger partial charge >= 0.3 is 0 Å². The summed E-state index contributed by atoms with van der Waals surface area (Å²) < 4.78 is 26.8. The Kier molecular flexibility index (Phi) is 4.65. The number of hydrogen-bond donors (Lipinski definition) is 1. The standard InChI is InChI=1S/C23H17F2NO2/c24-18-10-6-16(7-11-18)20-21(17-8-12-19(25)13-9-17)26(23(28)22(20)27)14-15-4-2-1-3-5-15/h1-13,21,27H,14H2/t21-/m0/s1. The van der Waals surface area contributed by atoms with Gasteiger partial charge in [-0.2, -0.15) is 0 Å². The van der Waals surface area contributed by atoms with E-state index in [1.54, 1.807) is 12.1 Å². The highest BCUT2D eigenvalue weighted by atomic mass is 19.1. The van der Waals surface area contributed by atoms with Gasteiger partial charge in [0.05, 0.1) is 6.04 Å². The number of benzene rings is 3. The van der Waals surface area contributed by atoms with E-state index in [0.717, 1.165) is 5.56 Å². The Morgan fingerprint density at radius 3 is 2.00 bits per heavy atom. The van der Waals surface area contributed by atoms with Gasteiger partial charge in [0, 0.05) is 12.1 Å². The summed E-state index contributed by atoms with van der Waals surface area (Å²) in [5.41, 5.74) is 2.48. The lowest BCUT2D eigenvalue weighted by Crippen LogP contribution is -2.29. The Morgan fingerprint density at radius 1 is 0.821 bits per heavy atom. The molecule has 3 aromatic carbocycles. The topological polar surface area (TPSA) is 40.5 Å². The molecule has 0 saturated heterocycles. The van der Waals surface area contributed by atoms with Crippen molar-refractivity contribution >= 4 is 11.5 Å². The van der Waals surface area contributed by atoms with Gasteiger partial charge in [0.2, 0.25) is 0 Å². The van der Waals surface area contributed by atoms with E-state index >= 15 is 0 Å². The molecular formula is C23H17F2NO2. The van der Waals surface area contributed by atoms with Gasteiger partial charge in [0.25, 0.3) is 5.91 Å². The molecule has 3 nitrogen and oxygen atoms in total. The molecule has 4 rings (SSSR count). The first-order chi connectivity index (χ1) is 13.5. The molecule has 0 aliphatic carbocycles. The molecule has 1 aliphatic heterocycles. The maximum atomic E-state index is 13.5. The van der Waals surface area contributed by atoms with Crippen LogP contribution in [0.5, 0.6) is 0 Å². The lowest BCUT2D eigenvalue weighted by atomic mass is 9.93. The van der Waals surface area contributed by atoms with E-state index in [2.05, 4.69) is 0 Å². The minimum absolute atomic E-state index is 0.274. The van der Waals surface area contributed by atoms with Crippen LogP contribution in [0.2, 0.25) is 0 Å². The Labute approximate surface area is 161 Å². The van der Waals surface area contributed by atoms with Crippen LogP contribution < -0.4 is 0 Å². The SMILES string of the molecule is O=C1C(O)=C(c2ccc(F)cc2)[C@H](c2ccc(F)cc2)N1Cc1ccccc1. The van der Waals surface area contributed by atoms with Crippen molar-refractivity contribution in [2.45, 2.75) is 12.6 Å². The largest absolute Gasteiger partial charge is 0.503 e. The number of aliphatic hydroxyl groups excluding tert-OH is 1. The first kappa shape index (κ1) is 17.9. The highest BCUT2D eigenvalue weighted by Gasteiger charge is 2.40. The number of hydrogen-bond acceptors (Lipinski definition) is 2. The van der Waals surface area contributed by atoms with Crippen molar-refractivity contribution in [3.8, 4) is 0 Å². The van der Waals surface area contributed by atoms with Crippen molar-refractivity contribution in [2.24, 2.45) is 0 Å². The summed E-state index contributed by atoms with van der Waals surface area (Å²) in [5, 5.41) is 10.6. The molecule has 1 N–H and O–H groups in total. The molecule has 5 heteroatoms. The number of carbonyl (C=O) groups excluding carboxylic acids is 1. The van der Waals surface area contributed by atoms with E-state index in [9.17, 15) is 18.7 Å². The van der Waals surface area contributed by atoms with Crippen molar-refractivity contribution < 1.29 is 18.7 Å². The number of carbonyl (C=O) groups is 1. The number of halogens is 2. The first-order valence-electron chi connectivity index (χ1n) is 8.84. The fourth-order valence-corrected chi connectivity index (χ4v) is 3.51. The van der Waals surface area contributed by atoms with Crippen LogP contribution in [-0.4, -0.2) is 15.9 Å². The average molecular weight is 377 g/mol. The van der Waals surface area contributed by atoms with Crippen molar-refractivity contribution in [1.82, 2.24) is 4.90 Å². The Morgan fingerprint density at radius 2 is 1.39 bits per heavy atom. The Hall–Kier alpha value is -3.47. The van der Waals surface area contributed by atoms with Crippen LogP contribution in [0.25, 0.3) is 5.57 Å². The molecule has 0 fully saturated rings. The minimum atomic E-state index is -0.612. The van der Waals surface area contributed by atoms with Crippen LogP contribution in [0.15, 0.2) is 84.6 Å². The average Bonchev–Trinajstić information content (AvgIpc) is 2.95. The van der Waals surface area contributed by atoms with Gasteiger partial charge in [-0.25, -0.2) is 8.78 Å². The summed E-state index contributed by atoms with van der Waals surface area (Å²) in [4.78, 5) is 14.4. The third-order valence-corrected chi connectivity index (χ3v) is 4.84. The summed E-state index contributed by atoms with van der Waals surface area (Å²) in [7, 11) is 0. The van der Waals surface area contributed by atoms with Crippen LogP contribution >= 0.6 is 0 Å². The predicted molar refractivity (Wildman–Crippen MR) is 102 cm³/mol. The van der Waals surface area contributed by atoms with Gasteiger partial charge in [0.1, 0.15) is 11.6 Å². The zero-order chi connectivity index (χ0) is 19.7. The van der Waals surface area contributed by atoms with Crippen molar-refractivity contribution in [1.29, 1.82) is 0 Å². The summed E-state index contributed by atoms with van der Waals surface area (Å²) in [6.07, 6.45) is 0. The fourth-order valence-electron chi connectivity index (χ4n) is 3.51. The quantitative estimate of drug-likeness (QED) is 0.694. The smallest absolute Gasteiger partial charge is 0.290 e. The molecule has 3 aromatic rings. The second-order valence-corrected chi connectivity index (χ2v) is 6.64. The first-order valence-corrected chi connectivity index (χ1v) is 8.84. The zero-order valence-corrected chi connectivity index (χ0v) is 14.8. The third kappa shape index (κ3) is 3.27. The molecule has 0 bridgehead atoms. The molecule has 0 unspecified atom stereocenters. The van der Waals surface area contributed by atoms with Gasteiger partial charge in [-0.1, -0.05) is 54.6 Å². The molecule has 1 amide bonds. The second kappa shape index (κ2) is 7.27. The van der Waals surface area contributed by atoms with Crippen molar-refractivity contribution in [3.63, 3.8) is 0 Å². The molecule has 0 aromatic heterocycles. The lowest BCUT2D eigenvalue weighted by molar-refractivity contribution is -0.130. The van der Waals surface area contributed by atoms with Crippen LogP contribution in [0, 0.1) is 11.6 Å². The van der Waals surface area contributed by atoms with Gasteiger partial charge in [-0.3, -0.25) is 4.79 Å².